The minimum Gasteiger partial charge on any atom is -0.373 e. The molecule has 1 heterocycles. The van der Waals surface area contributed by atoms with Crippen LogP contribution in [0.15, 0.2) is 36.5 Å². The number of para-hydroxylation sites is 1. The fourth-order valence-corrected chi connectivity index (χ4v) is 1.68. The average Bonchev–Trinajstić information content (AvgIpc) is 2.38. The summed E-state index contributed by atoms with van der Waals surface area (Å²) in [6.45, 7) is 0.318. The van der Waals surface area contributed by atoms with E-state index in [-0.39, 0.29) is 11.4 Å². The molecule has 0 radical (unpaired) electrons. The standard InChI is InChI=1S/C11H9ClN4O2/c12-9-4-1-5-10(16(17)18)11(9)13-7-8-3-2-6-14-15-8/h1-6,13H,7H2. The molecule has 0 unspecified atom stereocenters. The molecule has 2 aromatic rings. The smallest absolute Gasteiger partial charge is 0.293 e. The number of hydrogen-bond donors (Lipinski definition) is 1. The van der Waals surface area contributed by atoms with Gasteiger partial charge in [0, 0.05) is 12.3 Å². The SMILES string of the molecule is O=[N+]([O-])c1cccc(Cl)c1NCc1cccnn1. The minimum absolute atomic E-state index is 0.0635. The molecule has 6 nitrogen and oxygen atoms in total. The predicted molar refractivity (Wildman–Crippen MR) is 67.5 cm³/mol. The quantitative estimate of drug-likeness (QED) is 0.678. The Bertz CT molecular complexity index is 562. The van der Waals surface area contributed by atoms with Crippen LogP contribution in [0.2, 0.25) is 5.02 Å². The number of benzene rings is 1. The molecule has 0 aliphatic carbocycles. The van der Waals surface area contributed by atoms with Gasteiger partial charge in [-0.15, -0.1) is 0 Å². The van der Waals surface area contributed by atoms with E-state index >= 15 is 0 Å². The van der Waals surface area contributed by atoms with E-state index in [0.717, 1.165) is 0 Å². The second kappa shape index (κ2) is 5.42. The van der Waals surface area contributed by atoms with Crippen LogP contribution in [-0.4, -0.2) is 15.1 Å². The van der Waals surface area contributed by atoms with Gasteiger partial charge in [-0.05, 0) is 18.2 Å². The number of anilines is 1. The Morgan fingerprint density at radius 3 is 2.83 bits per heavy atom. The lowest BCUT2D eigenvalue weighted by molar-refractivity contribution is -0.383. The maximum atomic E-state index is 10.9. The van der Waals surface area contributed by atoms with Crippen molar-refractivity contribution in [2.75, 3.05) is 5.32 Å². The Morgan fingerprint density at radius 1 is 1.33 bits per heavy atom. The maximum absolute atomic E-state index is 10.9. The number of nitro benzene ring substituents is 1. The van der Waals surface area contributed by atoms with Gasteiger partial charge in [-0.3, -0.25) is 10.1 Å². The van der Waals surface area contributed by atoms with Crippen LogP contribution in [0.1, 0.15) is 5.69 Å². The van der Waals surface area contributed by atoms with Gasteiger partial charge in [0.05, 0.1) is 22.2 Å². The average molecular weight is 265 g/mol. The molecule has 0 fully saturated rings. The molecule has 0 aliphatic rings. The second-order valence-electron chi connectivity index (χ2n) is 3.46. The molecule has 0 saturated carbocycles. The molecular weight excluding hydrogens is 256 g/mol. The summed E-state index contributed by atoms with van der Waals surface area (Å²) in [5.41, 5.74) is 0.896. The van der Waals surface area contributed by atoms with Crippen molar-refractivity contribution in [3.63, 3.8) is 0 Å². The van der Waals surface area contributed by atoms with Gasteiger partial charge in [-0.2, -0.15) is 10.2 Å². The van der Waals surface area contributed by atoms with Gasteiger partial charge in [0.25, 0.3) is 5.69 Å². The lowest BCUT2D eigenvalue weighted by Crippen LogP contribution is -2.05. The van der Waals surface area contributed by atoms with Crippen LogP contribution >= 0.6 is 11.6 Å². The molecule has 0 spiro atoms. The van der Waals surface area contributed by atoms with Crippen molar-refractivity contribution in [2.45, 2.75) is 6.54 Å². The topological polar surface area (TPSA) is 81.0 Å². The third-order valence-corrected chi connectivity index (χ3v) is 2.58. The van der Waals surface area contributed by atoms with Gasteiger partial charge in [0.1, 0.15) is 5.69 Å². The van der Waals surface area contributed by atoms with E-state index < -0.39 is 4.92 Å². The van der Waals surface area contributed by atoms with Crippen LogP contribution in [0.4, 0.5) is 11.4 Å². The van der Waals surface area contributed by atoms with Crippen LogP contribution in [0.5, 0.6) is 0 Å². The van der Waals surface area contributed by atoms with Crippen molar-refractivity contribution in [1.82, 2.24) is 10.2 Å². The fourth-order valence-electron chi connectivity index (χ4n) is 1.45. The maximum Gasteiger partial charge on any atom is 0.293 e. The molecule has 1 aromatic carbocycles. The van der Waals surface area contributed by atoms with Crippen LogP contribution in [-0.2, 0) is 6.54 Å². The Labute approximate surface area is 108 Å². The Hall–Kier alpha value is -2.21. The first-order valence-electron chi connectivity index (χ1n) is 5.12. The van der Waals surface area contributed by atoms with E-state index in [1.165, 1.54) is 12.1 Å². The second-order valence-corrected chi connectivity index (χ2v) is 3.87. The van der Waals surface area contributed by atoms with Crippen molar-refractivity contribution in [3.8, 4) is 0 Å². The largest absolute Gasteiger partial charge is 0.373 e. The van der Waals surface area contributed by atoms with Crippen molar-refractivity contribution in [2.24, 2.45) is 0 Å². The van der Waals surface area contributed by atoms with Crippen LogP contribution < -0.4 is 5.32 Å². The number of rotatable bonds is 4. The van der Waals surface area contributed by atoms with Gasteiger partial charge >= 0.3 is 0 Å². The summed E-state index contributed by atoms with van der Waals surface area (Å²) in [6.07, 6.45) is 1.56. The van der Waals surface area contributed by atoms with E-state index in [0.29, 0.717) is 17.3 Å². The number of hydrogen-bond acceptors (Lipinski definition) is 5. The molecule has 1 N–H and O–H groups in total. The minimum atomic E-state index is -0.481. The molecule has 0 saturated heterocycles. The molecule has 0 aliphatic heterocycles. The summed E-state index contributed by atoms with van der Waals surface area (Å²) >= 11 is 5.94. The third kappa shape index (κ3) is 2.72. The molecule has 92 valence electrons. The van der Waals surface area contributed by atoms with E-state index in [9.17, 15) is 10.1 Å². The number of halogens is 1. The normalized spacial score (nSPS) is 10.1. The highest BCUT2D eigenvalue weighted by molar-refractivity contribution is 6.33. The molecule has 18 heavy (non-hydrogen) atoms. The van der Waals surface area contributed by atoms with E-state index in [4.69, 9.17) is 11.6 Å². The molecule has 7 heteroatoms. The first-order chi connectivity index (χ1) is 8.68. The zero-order valence-corrected chi connectivity index (χ0v) is 9.96. The van der Waals surface area contributed by atoms with E-state index in [1.807, 2.05) is 0 Å². The highest BCUT2D eigenvalue weighted by Gasteiger charge is 2.16. The zero-order chi connectivity index (χ0) is 13.0. The number of nitrogens with zero attached hydrogens (tertiary/aromatic N) is 3. The van der Waals surface area contributed by atoms with Crippen LogP contribution in [0.3, 0.4) is 0 Å². The highest BCUT2D eigenvalue weighted by Crippen LogP contribution is 2.31. The lowest BCUT2D eigenvalue weighted by atomic mass is 10.2. The van der Waals surface area contributed by atoms with E-state index in [1.54, 1.807) is 24.4 Å². The molecule has 0 atom stereocenters. The van der Waals surface area contributed by atoms with Crippen molar-refractivity contribution < 1.29 is 4.92 Å². The summed E-state index contributed by atoms with van der Waals surface area (Å²) in [5.74, 6) is 0. The Balaban J connectivity index is 2.21. The van der Waals surface area contributed by atoms with Gasteiger partial charge in [-0.1, -0.05) is 17.7 Å². The molecule has 0 amide bonds. The summed E-state index contributed by atoms with van der Waals surface area (Å²) in [6, 6.07) is 8.03. The molecule has 0 bridgehead atoms. The number of nitro groups is 1. The summed E-state index contributed by atoms with van der Waals surface area (Å²) < 4.78 is 0. The third-order valence-electron chi connectivity index (χ3n) is 2.26. The van der Waals surface area contributed by atoms with Crippen LogP contribution in [0.25, 0.3) is 0 Å². The van der Waals surface area contributed by atoms with Gasteiger partial charge < -0.3 is 5.32 Å². The molecule has 2 rings (SSSR count). The first-order valence-corrected chi connectivity index (χ1v) is 5.49. The Kier molecular flexibility index (Phi) is 3.69. The molecular formula is C11H9ClN4O2. The van der Waals surface area contributed by atoms with E-state index in [2.05, 4.69) is 15.5 Å². The molecule has 1 aromatic heterocycles. The van der Waals surface area contributed by atoms with Gasteiger partial charge in [-0.25, -0.2) is 0 Å². The Morgan fingerprint density at radius 2 is 2.17 bits per heavy atom. The van der Waals surface area contributed by atoms with Gasteiger partial charge in [0.15, 0.2) is 0 Å². The fraction of sp³-hybridized carbons (Fsp3) is 0.0909. The number of nitrogens with one attached hydrogen (secondary N) is 1. The van der Waals surface area contributed by atoms with Crippen molar-refractivity contribution in [3.05, 3.63) is 57.4 Å². The summed E-state index contributed by atoms with van der Waals surface area (Å²) in [7, 11) is 0. The number of aromatic nitrogens is 2. The van der Waals surface area contributed by atoms with Gasteiger partial charge in [0.2, 0.25) is 0 Å². The first kappa shape index (κ1) is 12.3. The highest BCUT2D eigenvalue weighted by atomic mass is 35.5. The lowest BCUT2D eigenvalue weighted by Gasteiger charge is -2.07. The summed E-state index contributed by atoms with van der Waals surface area (Å²) in [4.78, 5) is 10.4. The zero-order valence-electron chi connectivity index (χ0n) is 9.21. The monoisotopic (exact) mass is 264 g/mol. The van der Waals surface area contributed by atoms with Crippen molar-refractivity contribution >= 4 is 23.0 Å². The summed E-state index contributed by atoms with van der Waals surface area (Å²) in [5, 5.41) is 21.7. The van der Waals surface area contributed by atoms with Crippen LogP contribution in [0, 0.1) is 10.1 Å². The van der Waals surface area contributed by atoms with Crippen molar-refractivity contribution in [1.29, 1.82) is 0 Å². The predicted octanol–water partition coefficient (Wildman–Crippen LogP) is 2.65.